The largest absolute Gasteiger partial charge is 0.415 e. The number of carbonyl (C=O) groups is 2. The summed E-state index contributed by atoms with van der Waals surface area (Å²) >= 11 is 0. The predicted octanol–water partition coefficient (Wildman–Crippen LogP) is 2.69. The second-order valence-electron chi connectivity index (χ2n) is 11.1. The molecule has 2 amide bonds. The lowest BCUT2D eigenvalue weighted by atomic mass is 9.89. The van der Waals surface area contributed by atoms with Gasteiger partial charge in [0.15, 0.2) is 14.1 Å². The third kappa shape index (κ3) is 6.16. The fraction of sp³-hybridized carbons (Fsp3) is 0.538. The van der Waals surface area contributed by atoms with Crippen LogP contribution < -0.4 is 20.5 Å². The van der Waals surface area contributed by atoms with Crippen molar-refractivity contribution in [2.75, 3.05) is 23.8 Å². The van der Waals surface area contributed by atoms with Crippen molar-refractivity contribution in [3.8, 4) is 0 Å². The SMILES string of the molecule is CC(=O)N1c2ccc(C(=O)NCCO[Si](C)(C)C(C)(C)C)cc2CC(C[n+]2c(N)ncc(F)c2C)C1O. The number of carbonyl (C=O) groups excluding carboxylic acids is 2. The number of anilines is 2. The van der Waals surface area contributed by atoms with Gasteiger partial charge in [-0.05, 0) is 55.2 Å². The zero-order chi connectivity index (χ0) is 27.7. The van der Waals surface area contributed by atoms with Gasteiger partial charge in [-0.2, -0.15) is 0 Å². The Bertz CT molecular complexity index is 1180. The van der Waals surface area contributed by atoms with Crippen LogP contribution in [0.3, 0.4) is 0 Å². The molecule has 11 heteroatoms. The van der Waals surface area contributed by atoms with E-state index >= 15 is 0 Å². The van der Waals surface area contributed by atoms with Crippen LogP contribution in [-0.2, 0) is 22.2 Å². The van der Waals surface area contributed by atoms with E-state index in [2.05, 4.69) is 44.2 Å². The lowest BCUT2D eigenvalue weighted by molar-refractivity contribution is -0.700. The van der Waals surface area contributed by atoms with Gasteiger partial charge in [-0.1, -0.05) is 25.8 Å². The van der Waals surface area contributed by atoms with Crippen molar-refractivity contribution in [1.29, 1.82) is 0 Å². The number of aliphatic hydroxyl groups is 1. The molecule has 2 atom stereocenters. The molecular formula is C26H39FN5O4Si+. The molecule has 1 aliphatic heterocycles. The topological polar surface area (TPSA) is 122 Å². The summed E-state index contributed by atoms with van der Waals surface area (Å²) in [6, 6.07) is 5.05. The Kier molecular flexibility index (Phi) is 8.40. The average Bonchev–Trinajstić information content (AvgIpc) is 2.80. The van der Waals surface area contributed by atoms with Crippen molar-refractivity contribution in [3.63, 3.8) is 0 Å². The number of nitrogens with two attached hydrogens (primary N) is 1. The number of hydrogen-bond acceptors (Lipinski definition) is 6. The number of aromatic nitrogens is 2. The first-order valence-electron chi connectivity index (χ1n) is 12.5. The van der Waals surface area contributed by atoms with E-state index in [1.165, 1.54) is 16.4 Å². The van der Waals surface area contributed by atoms with E-state index in [9.17, 15) is 19.1 Å². The second kappa shape index (κ2) is 10.8. The quantitative estimate of drug-likeness (QED) is 0.286. The molecule has 2 heterocycles. The van der Waals surface area contributed by atoms with Crippen molar-refractivity contribution < 1.29 is 28.1 Å². The lowest BCUT2D eigenvalue weighted by Gasteiger charge is -2.38. The van der Waals surface area contributed by atoms with Gasteiger partial charge in [-0.25, -0.2) is 8.96 Å². The molecule has 0 spiro atoms. The van der Waals surface area contributed by atoms with Crippen LogP contribution in [0.2, 0.25) is 18.1 Å². The summed E-state index contributed by atoms with van der Waals surface area (Å²) in [7, 11) is -1.90. The fourth-order valence-electron chi connectivity index (χ4n) is 4.22. The van der Waals surface area contributed by atoms with Gasteiger partial charge in [0.05, 0.1) is 13.2 Å². The van der Waals surface area contributed by atoms with Crippen LogP contribution in [0.15, 0.2) is 24.4 Å². The first-order chi connectivity index (χ1) is 17.1. The summed E-state index contributed by atoms with van der Waals surface area (Å²) in [6.45, 7) is 14.7. The Balaban J connectivity index is 1.78. The molecule has 37 heavy (non-hydrogen) atoms. The molecule has 0 radical (unpaired) electrons. The van der Waals surface area contributed by atoms with Gasteiger partial charge in [0.1, 0.15) is 18.1 Å². The van der Waals surface area contributed by atoms with Gasteiger partial charge < -0.3 is 14.8 Å². The first-order valence-corrected chi connectivity index (χ1v) is 15.4. The van der Waals surface area contributed by atoms with Crippen molar-refractivity contribution in [3.05, 3.63) is 47.0 Å². The fourth-order valence-corrected chi connectivity index (χ4v) is 5.27. The van der Waals surface area contributed by atoms with E-state index in [1.807, 2.05) is 0 Å². The molecule has 0 fully saturated rings. The van der Waals surface area contributed by atoms with Crippen LogP contribution in [-0.4, -0.2) is 49.6 Å². The normalized spacial score (nSPS) is 17.9. The Morgan fingerprint density at radius 2 is 2.03 bits per heavy atom. The summed E-state index contributed by atoms with van der Waals surface area (Å²) in [5.74, 6) is -1.49. The van der Waals surface area contributed by atoms with Crippen molar-refractivity contribution >= 4 is 31.8 Å². The second-order valence-corrected chi connectivity index (χ2v) is 15.9. The zero-order valence-corrected chi connectivity index (χ0v) is 23.8. The molecule has 0 aliphatic carbocycles. The van der Waals surface area contributed by atoms with E-state index in [0.29, 0.717) is 30.8 Å². The summed E-state index contributed by atoms with van der Waals surface area (Å²) in [5.41, 5.74) is 7.98. The minimum absolute atomic E-state index is 0.0856. The molecule has 0 saturated heterocycles. The van der Waals surface area contributed by atoms with Gasteiger partial charge in [0, 0.05) is 30.6 Å². The minimum atomic E-state index is -1.90. The summed E-state index contributed by atoms with van der Waals surface area (Å²) in [4.78, 5) is 30.5. The Morgan fingerprint density at radius 3 is 2.65 bits per heavy atom. The van der Waals surface area contributed by atoms with Crippen molar-refractivity contribution in [2.24, 2.45) is 5.92 Å². The molecular weight excluding hydrogens is 493 g/mol. The molecule has 3 rings (SSSR count). The number of nitrogens with zero attached hydrogens (tertiary/aromatic N) is 3. The van der Waals surface area contributed by atoms with E-state index in [1.54, 1.807) is 25.1 Å². The predicted molar refractivity (Wildman–Crippen MR) is 142 cm³/mol. The molecule has 2 unspecified atom stereocenters. The van der Waals surface area contributed by atoms with Crippen LogP contribution in [0, 0.1) is 18.7 Å². The molecule has 0 bridgehead atoms. The maximum atomic E-state index is 14.1. The molecule has 1 aromatic carbocycles. The maximum absolute atomic E-state index is 14.1. The number of benzene rings is 1. The zero-order valence-electron chi connectivity index (χ0n) is 22.8. The van der Waals surface area contributed by atoms with E-state index in [-0.39, 0.29) is 35.0 Å². The number of aliphatic hydroxyl groups excluding tert-OH is 1. The van der Waals surface area contributed by atoms with Gasteiger partial charge in [-0.3, -0.25) is 20.2 Å². The number of nitrogens with one attached hydrogen (secondary N) is 1. The minimum Gasteiger partial charge on any atom is -0.415 e. The number of halogens is 1. The molecule has 0 saturated carbocycles. The highest BCUT2D eigenvalue weighted by atomic mass is 28.4. The molecule has 1 aromatic heterocycles. The first kappa shape index (κ1) is 28.7. The molecule has 2 aromatic rings. The third-order valence-electron chi connectivity index (χ3n) is 7.52. The van der Waals surface area contributed by atoms with Crippen LogP contribution in [0.25, 0.3) is 0 Å². The summed E-state index contributed by atoms with van der Waals surface area (Å²) in [5, 5.41) is 14.0. The molecule has 9 nitrogen and oxygen atoms in total. The number of hydrogen-bond donors (Lipinski definition) is 3. The van der Waals surface area contributed by atoms with E-state index in [0.717, 1.165) is 11.8 Å². The van der Waals surface area contributed by atoms with Crippen LogP contribution in [0.5, 0.6) is 0 Å². The van der Waals surface area contributed by atoms with Gasteiger partial charge in [0.25, 0.3) is 5.91 Å². The summed E-state index contributed by atoms with van der Waals surface area (Å²) < 4.78 is 21.8. The highest BCUT2D eigenvalue weighted by molar-refractivity contribution is 6.74. The number of amides is 2. The average molecular weight is 533 g/mol. The monoisotopic (exact) mass is 532 g/mol. The Labute approximate surface area is 219 Å². The standard InChI is InChI=1S/C26H38FN5O4Si/c1-16-21(27)14-30-25(28)31(16)15-20-13-19-12-18(8-9-22(19)32(17(2)33)24(20)35)23(34)29-10-11-36-37(6,7)26(3,4)5/h8-9,12,14,20,24,28,35H,10-11,13,15H2,1-7H3,(H,29,34)/p+1. The molecule has 4 N–H and O–H groups in total. The Morgan fingerprint density at radius 1 is 1.35 bits per heavy atom. The van der Waals surface area contributed by atoms with Gasteiger partial charge in [-0.15, -0.1) is 0 Å². The number of nitrogen functional groups attached to an aromatic ring is 1. The number of fused-ring (bicyclic) bond motifs is 1. The van der Waals surface area contributed by atoms with Crippen molar-refractivity contribution in [1.82, 2.24) is 10.3 Å². The highest BCUT2D eigenvalue weighted by Gasteiger charge is 2.38. The van der Waals surface area contributed by atoms with E-state index < -0.39 is 26.3 Å². The van der Waals surface area contributed by atoms with Gasteiger partial charge in [0.2, 0.25) is 5.91 Å². The summed E-state index contributed by atoms with van der Waals surface area (Å²) in [6.07, 6.45) is 0.266. The third-order valence-corrected chi connectivity index (χ3v) is 12.1. The van der Waals surface area contributed by atoms with Crippen LogP contribution in [0.4, 0.5) is 16.0 Å². The Hall–Kier alpha value is -2.89. The van der Waals surface area contributed by atoms with E-state index in [4.69, 9.17) is 10.2 Å². The van der Waals surface area contributed by atoms with Crippen molar-refractivity contribution in [2.45, 2.75) is 71.9 Å². The van der Waals surface area contributed by atoms with Crippen LogP contribution in [0.1, 0.15) is 49.3 Å². The van der Waals surface area contributed by atoms with Crippen LogP contribution >= 0.6 is 0 Å². The lowest BCUT2D eigenvalue weighted by Crippen LogP contribution is -2.54. The molecule has 1 aliphatic rings. The van der Waals surface area contributed by atoms with Gasteiger partial charge >= 0.3 is 5.95 Å². The smallest absolute Gasteiger partial charge is 0.389 e. The maximum Gasteiger partial charge on any atom is 0.389 e. The molecule has 202 valence electrons. The number of rotatable bonds is 7. The highest BCUT2D eigenvalue weighted by Crippen LogP contribution is 2.36.